The highest BCUT2D eigenvalue weighted by Crippen LogP contribution is 2.14. The monoisotopic (exact) mass is 363 g/mol. The standard InChI is InChI=1S/C22H37NO3/c1-3-5-7-9-11-13-17-23(18-14-12-10-8-6-4-2)22(25)21-16-15-20(19-24)26-21/h15-16,19H,3-14,17-18H2,1-2H3. The van der Waals surface area contributed by atoms with Crippen LogP contribution in [0.4, 0.5) is 0 Å². The molecule has 0 saturated heterocycles. The first kappa shape index (κ1) is 22.5. The third-order valence-corrected chi connectivity index (χ3v) is 4.80. The van der Waals surface area contributed by atoms with Crippen LogP contribution in [-0.4, -0.2) is 30.2 Å². The molecule has 0 aliphatic heterocycles. The van der Waals surface area contributed by atoms with E-state index in [1.165, 1.54) is 51.4 Å². The molecule has 0 aliphatic rings. The zero-order valence-electron chi connectivity index (χ0n) is 16.8. The van der Waals surface area contributed by atoms with Crippen molar-refractivity contribution < 1.29 is 14.0 Å². The van der Waals surface area contributed by atoms with Gasteiger partial charge in [0, 0.05) is 13.1 Å². The van der Waals surface area contributed by atoms with E-state index in [0.29, 0.717) is 6.29 Å². The van der Waals surface area contributed by atoms with Crippen molar-refractivity contribution in [2.24, 2.45) is 0 Å². The van der Waals surface area contributed by atoms with Gasteiger partial charge in [0.25, 0.3) is 5.91 Å². The summed E-state index contributed by atoms with van der Waals surface area (Å²) in [4.78, 5) is 25.4. The Morgan fingerprint density at radius 3 is 1.81 bits per heavy atom. The third kappa shape index (κ3) is 9.21. The summed E-state index contributed by atoms with van der Waals surface area (Å²) in [6.45, 7) is 5.99. The Hall–Kier alpha value is -1.58. The number of carbonyl (C=O) groups is 2. The molecule has 1 rings (SSSR count). The van der Waals surface area contributed by atoms with Crippen molar-refractivity contribution in [2.75, 3.05) is 13.1 Å². The van der Waals surface area contributed by atoms with Gasteiger partial charge in [-0.15, -0.1) is 0 Å². The molecular formula is C22H37NO3. The average molecular weight is 364 g/mol. The summed E-state index contributed by atoms with van der Waals surface area (Å²) in [5.74, 6) is 0.414. The minimum atomic E-state index is -0.0831. The molecule has 0 radical (unpaired) electrons. The summed E-state index contributed by atoms with van der Waals surface area (Å²) >= 11 is 0. The highest BCUT2D eigenvalue weighted by molar-refractivity contribution is 5.92. The Morgan fingerprint density at radius 2 is 1.35 bits per heavy atom. The number of carbonyl (C=O) groups excluding carboxylic acids is 2. The molecular weight excluding hydrogens is 326 g/mol. The van der Waals surface area contributed by atoms with E-state index in [0.717, 1.165) is 38.8 Å². The number of hydrogen-bond donors (Lipinski definition) is 0. The lowest BCUT2D eigenvalue weighted by molar-refractivity contribution is 0.0715. The van der Waals surface area contributed by atoms with Crippen LogP contribution in [0, 0.1) is 0 Å². The second-order valence-electron chi connectivity index (χ2n) is 7.15. The predicted octanol–water partition coefficient (Wildman–Crippen LogP) is 6.26. The van der Waals surface area contributed by atoms with Gasteiger partial charge in [-0.2, -0.15) is 0 Å². The Morgan fingerprint density at radius 1 is 0.846 bits per heavy atom. The second-order valence-corrected chi connectivity index (χ2v) is 7.15. The fraction of sp³-hybridized carbons (Fsp3) is 0.727. The lowest BCUT2D eigenvalue weighted by Crippen LogP contribution is -2.32. The van der Waals surface area contributed by atoms with Crippen molar-refractivity contribution in [3.8, 4) is 0 Å². The van der Waals surface area contributed by atoms with Crippen LogP contribution in [0.1, 0.15) is 112 Å². The average Bonchev–Trinajstić information content (AvgIpc) is 3.14. The molecule has 1 aromatic heterocycles. The molecule has 0 aliphatic carbocycles. The van der Waals surface area contributed by atoms with Crippen LogP contribution in [0.15, 0.2) is 16.5 Å². The fourth-order valence-electron chi connectivity index (χ4n) is 3.17. The maximum absolute atomic E-state index is 12.7. The maximum Gasteiger partial charge on any atom is 0.289 e. The molecule has 0 saturated carbocycles. The number of hydrogen-bond acceptors (Lipinski definition) is 3. The first-order valence-electron chi connectivity index (χ1n) is 10.6. The molecule has 0 fully saturated rings. The predicted molar refractivity (Wildman–Crippen MR) is 107 cm³/mol. The van der Waals surface area contributed by atoms with Gasteiger partial charge in [-0.25, -0.2) is 0 Å². The van der Waals surface area contributed by atoms with Crippen LogP contribution < -0.4 is 0 Å². The molecule has 148 valence electrons. The van der Waals surface area contributed by atoms with Gasteiger partial charge < -0.3 is 9.32 Å². The van der Waals surface area contributed by atoms with E-state index < -0.39 is 0 Å². The SMILES string of the molecule is CCCCCCCCN(CCCCCCCC)C(=O)c1ccc(C=O)o1. The number of aldehydes is 1. The van der Waals surface area contributed by atoms with E-state index in [-0.39, 0.29) is 17.4 Å². The zero-order valence-corrected chi connectivity index (χ0v) is 16.8. The van der Waals surface area contributed by atoms with Gasteiger partial charge in [0.05, 0.1) is 0 Å². The van der Waals surface area contributed by atoms with E-state index in [9.17, 15) is 9.59 Å². The highest BCUT2D eigenvalue weighted by Gasteiger charge is 2.18. The zero-order chi connectivity index (χ0) is 19.0. The summed E-state index contributed by atoms with van der Waals surface area (Å²) in [6.07, 6.45) is 15.2. The van der Waals surface area contributed by atoms with Crippen molar-refractivity contribution in [3.05, 3.63) is 23.7 Å². The van der Waals surface area contributed by atoms with E-state index in [1.807, 2.05) is 4.90 Å². The van der Waals surface area contributed by atoms with Crippen LogP contribution >= 0.6 is 0 Å². The van der Waals surface area contributed by atoms with Crippen LogP contribution in [-0.2, 0) is 0 Å². The Labute approximate surface area is 159 Å². The Bertz CT molecular complexity index is 479. The van der Waals surface area contributed by atoms with Crippen molar-refractivity contribution in [1.29, 1.82) is 0 Å². The normalized spacial score (nSPS) is 10.8. The molecule has 0 N–H and O–H groups in total. The number of amides is 1. The first-order chi connectivity index (χ1) is 12.7. The Kier molecular flexibility index (Phi) is 12.6. The first-order valence-corrected chi connectivity index (χ1v) is 10.6. The van der Waals surface area contributed by atoms with Gasteiger partial charge in [-0.1, -0.05) is 78.1 Å². The smallest absolute Gasteiger partial charge is 0.289 e. The summed E-state index contributed by atoms with van der Waals surface area (Å²) < 4.78 is 5.34. The van der Waals surface area contributed by atoms with Crippen LogP contribution in [0.3, 0.4) is 0 Å². The number of unbranched alkanes of at least 4 members (excludes halogenated alkanes) is 10. The van der Waals surface area contributed by atoms with Crippen molar-refractivity contribution in [3.63, 3.8) is 0 Å². The molecule has 0 unspecified atom stereocenters. The van der Waals surface area contributed by atoms with E-state index >= 15 is 0 Å². The van der Waals surface area contributed by atoms with Gasteiger partial charge in [0.15, 0.2) is 17.8 Å². The van der Waals surface area contributed by atoms with Gasteiger partial charge in [-0.3, -0.25) is 9.59 Å². The number of nitrogens with zero attached hydrogens (tertiary/aromatic N) is 1. The molecule has 1 heterocycles. The van der Waals surface area contributed by atoms with Crippen LogP contribution in [0.2, 0.25) is 0 Å². The lowest BCUT2D eigenvalue weighted by atomic mass is 10.1. The quantitative estimate of drug-likeness (QED) is 0.257. The molecule has 1 aromatic rings. The molecule has 0 spiro atoms. The van der Waals surface area contributed by atoms with Crippen molar-refractivity contribution in [1.82, 2.24) is 4.90 Å². The van der Waals surface area contributed by atoms with Crippen LogP contribution in [0.5, 0.6) is 0 Å². The molecule has 0 atom stereocenters. The highest BCUT2D eigenvalue weighted by atomic mass is 16.4. The minimum absolute atomic E-state index is 0.0831. The molecule has 0 bridgehead atoms. The molecule has 4 heteroatoms. The summed E-state index contributed by atoms with van der Waals surface area (Å²) in [5.41, 5.74) is 0. The number of furan rings is 1. The maximum atomic E-state index is 12.7. The summed E-state index contributed by atoms with van der Waals surface area (Å²) in [6, 6.07) is 3.18. The van der Waals surface area contributed by atoms with E-state index in [1.54, 1.807) is 12.1 Å². The minimum Gasteiger partial charge on any atom is -0.448 e. The lowest BCUT2D eigenvalue weighted by Gasteiger charge is -2.21. The largest absolute Gasteiger partial charge is 0.448 e. The summed E-state index contributed by atoms with van der Waals surface area (Å²) in [5, 5.41) is 0. The fourth-order valence-corrected chi connectivity index (χ4v) is 3.17. The van der Waals surface area contributed by atoms with Crippen molar-refractivity contribution in [2.45, 2.75) is 90.9 Å². The van der Waals surface area contributed by atoms with Gasteiger partial charge in [0.2, 0.25) is 0 Å². The Balaban J connectivity index is 2.45. The van der Waals surface area contributed by atoms with Gasteiger partial charge in [-0.05, 0) is 25.0 Å². The molecule has 4 nitrogen and oxygen atoms in total. The van der Waals surface area contributed by atoms with Crippen molar-refractivity contribution >= 4 is 12.2 Å². The van der Waals surface area contributed by atoms with Gasteiger partial charge in [0.1, 0.15) is 0 Å². The molecule has 0 aromatic carbocycles. The summed E-state index contributed by atoms with van der Waals surface area (Å²) in [7, 11) is 0. The third-order valence-electron chi connectivity index (χ3n) is 4.80. The van der Waals surface area contributed by atoms with Gasteiger partial charge >= 0.3 is 0 Å². The van der Waals surface area contributed by atoms with Crippen LogP contribution in [0.25, 0.3) is 0 Å². The number of rotatable bonds is 16. The molecule has 1 amide bonds. The second kappa shape index (κ2) is 14.6. The van der Waals surface area contributed by atoms with E-state index in [2.05, 4.69) is 13.8 Å². The topological polar surface area (TPSA) is 50.5 Å². The molecule has 26 heavy (non-hydrogen) atoms. The van der Waals surface area contributed by atoms with E-state index in [4.69, 9.17) is 4.42 Å².